The van der Waals surface area contributed by atoms with Gasteiger partial charge in [-0.2, -0.15) is 5.10 Å². The molecule has 3 aromatic carbocycles. The predicted molar refractivity (Wildman–Crippen MR) is 128 cm³/mol. The highest BCUT2D eigenvalue weighted by atomic mass is 16.5. The van der Waals surface area contributed by atoms with Crippen LogP contribution in [0.1, 0.15) is 24.5 Å². The Balaban J connectivity index is 1.50. The van der Waals surface area contributed by atoms with Gasteiger partial charge >= 0.3 is 0 Å². The Morgan fingerprint density at radius 2 is 1.59 bits per heavy atom. The average Bonchev–Trinajstić information content (AvgIpc) is 2.79. The van der Waals surface area contributed by atoms with E-state index in [1.54, 1.807) is 20.1 Å². The van der Waals surface area contributed by atoms with E-state index in [4.69, 9.17) is 4.74 Å². The van der Waals surface area contributed by atoms with Crippen molar-refractivity contribution in [3.63, 3.8) is 0 Å². The topological polar surface area (TPSA) is 79.8 Å². The van der Waals surface area contributed by atoms with Crippen LogP contribution in [0.15, 0.2) is 77.9 Å². The Morgan fingerprint density at radius 3 is 2.28 bits per heavy atom. The second-order valence-corrected chi connectivity index (χ2v) is 7.55. The van der Waals surface area contributed by atoms with E-state index >= 15 is 0 Å². The summed E-state index contributed by atoms with van der Waals surface area (Å²) >= 11 is 0. The largest absolute Gasteiger partial charge is 0.495 e. The van der Waals surface area contributed by atoms with Crippen molar-refractivity contribution >= 4 is 23.2 Å². The Bertz CT molecular complexity index is 1110. The number of carbonyl (C=O) groups excluding carboxylic acids is 2. The molecule has 2 amide bonds. The summed E-state index contributed by atoms with van der Waals surface area (Å²) in [5, 5.41) is 6.87. The van der Waals surface area contributed by atoms with Gasteiger partial charge in [0.25, 0.3) is 0 Å². The maximum Gasteiger partial charge on any atom is 0.244 e. The van der Waals surface area contributed by atoms with Gasteiger partial charge in [-0.25, -0.2) is 5.43 Å². The van der Waals surface area contributed by atoms with Gasteiger partial charge < -0.3 is 10.1 Å². The Morgan fingerprint density at radius 1 is 0.906 bits per heavy atom. The van der Waals surface area contributed by atoms with Crippen molar-refractivity contribution in [2.45, 2.75) is 26.7 Å². The molecule has 3 aromatic rings. The number of benzene rings is 3. The summed E-state index contributed by atoms with van der Waals surface area (Å²) < 4.78 is 5.27. The van der Waals surface area contributed by atoms with Crippen molar-refractivity contribution in [1.82, 2.24) is 5.43 Å². The summed E-state index contributed by atoms with van der Waals surface area (Å²) in [6.45, 7) is 3.63. The van der Waals surface area contributed by atoms with Crippen LogP contribution in [0.4, 0.5) is 5.69 Å². The van der Waals surface area contributed by atoms with Crippen LogP contribution in [-0.4, -0.2) is 24.6 Å². The number of rotatable bonds is 8. The van der Waals surface area contributed by atoms with Crippen LogP contribution in [0.2, 0.25) is 0 Å². The number of hydrazone groups is 1. The minimum atomic E-state index is -0.238. The molecule has 3 rings (SSSR count). The van der Waals surface area contributed by atoms with Crippen LogP contribution in [-0.2, 0) is 16.0 Å². The first-order chi connectivity index (χ1) is 15.4. The van der Waals surface area contributed by atoms with Crippen LogP contribution in [0.5, 0.6) is 5.75 Å². The number of hydrogen-bond acceptors (Lipinski definition) is 4. The summed E-state index contributed by atoms with van der Waals surface area (Å²) in [5.41, 5.74) is 7.75. The lowest BCUT2D eigenvalue weighted by atomic mass is 10.0. The van der Waals surface area contributed by atoms with Gasteiger partial charge in [-0.15, -0.1) is 0 Å². The molecule has 0 saturated heterocycles. The molecule has 6 heteroatoms. The molecule has 32 heavy (non-hydrogen) atoms. The second-order valence-electron chi connectivity index (χ2n) is 7.55. The van der Waals surface area contributed by atoms with Crippen molar-refractivity contribution in [3.8, 4) is 16.9 Å². The smallest absolute Gasteiger partial charge is 0.244 e. The molecular formula is C26H27N3O3. The Hall–Kier alpha value is -3.93. The minimum absolute atomic E-state index is 0.0587. The van der Waals surface area contributed by atoms with Gasteiger partial charge in [0.05, 0.1) is 25.6 Å². The first-order valence-corrected chi connectivity index (χ1v) is 10.4. The highest BCUT2D eigenvalue weighted by Gasteiger charge is 2.10. The summed E-state index contributed by atoms with van der Waals surface area (Å²) in [6.07, 6.45) is 0.266. The molecule has 0 fully saturated rings. The first-order valence-electron chi connectivity index (χ1n) is 10.4. The molecule has 164 valence electrons. The van der Waals surface area contributed by atoms with Gasteiger partial charge in [-0.3, -0.25) is 9.59 Å². The van der Waals surface area contributed by atoms with Gasteiger partial charge in [-0.05, 0) is 48.2 Å². The van der Waals surface area contributed by atoms with Crippen molar-refractivity contribution in [3.05, 3.63) is 83.9 Å². The van der Waals surface area contributed by atoms with E-state index in [2.05, 4.69) is 15.8 Å². The van der Waals surface area contributed by atoms with E-state index in [0.717, 1.165) is 22.3 Å². The fourth-order valence-electron chi connectivity index (χ4n) is 3.21. The molecule has 0 heterocycles. The second kappa shape index (κ2) is 10.9. The van der Waals surface area contributed by atoms with Crippen molar-refractivity contribution in [2.75, 3.05) is 12.4 Å². The van der Waals surface area contributed by atoms with Gasteiger partial charge in [0.1, 0.15) is 5.75 Å². The van der Waals surface area contributed by atoms with Gasteiger partial charge in [0.15, 0.2) is 0 Å². The van der Waals surface area contributed by atoms with Crippen molar-refractivity contribution in [1.29, 1.82) is 0 Å². The molecule has 0 radical (unpaired) electrons. The summed E-state index contributed by atoms with van der Waals surface area (Å²) in [5.74, 6) is 0.114. The van der Waals surface area contributed by atoms with Gasteiger partial charge in [0, 0.05) is 5.71 Å². The molecule has 2 N–H and O–H groups in total. The number of hydrogen-bond donors (Lipinski definition) is 2. The number of nitrogens with one attached hydrogen (secondary N) is 2. The molecule has 0 atom stereocenters. The molecular weight excluding hydrogens is 402 g/mol. The average molecular weight is 430 g/mol. The highest BCUT2D eigenvalue weighted by Crippen LogP contribution is 2.25. The van der Waals surface area contributed by atoms with E-state index in [1.165, 1.54) is 0 Å². The fraction of sp³-hybridized carbons (Fsp3) is 0.192. The standard InChI is InChI=1S/C26H27N3O3/c1-18-9-14-24(32-3)23(15-18)27-25(30)16-19(2)28-29-26(31)17-20-10-12-22(13-11-20)21-7-5-4-6-8-21/h4-15H,16-17H2,1-3H3,(H,27,30)(H,29,31)/b28-19+. The third-order valence-electron chi connectivity index (χ3n) is 4.84. The molecule has 0 bridgehead atoms. The lowest BCUT2D eigenvalue weighted by molar-refractivity contribution is -0.120. The molecule has 0 aliphatic rings. The number of methoxy groups -OCH3 is 1. The molecule has 0 aliphatic heterocycles. The number of nitrogens with zero attached hydrogens (tertiary/aromatic N) is 1. The van der Waals surface area contributed by atoms with E-state index in [1.807, 2.05) is 73.7 Å². The SMILES string of the molecule is COc1ccc(C)cc1NC(=O)C/C(C)=N/NC(=O)Cc1ccc(-c2ccccc2)cc1. The minimum Gasteiger partial charge on any atom is -0.495 e. The molecule has 6 nitrogen and oxygen atoms in total. The zero-order valence-corrected chi connectivity index (χ0v) is 18.5. The zero-order chi connectivity index (χ0) is 22.9. The number of aryl methyl sites for hydroxylation is 1. The molecule has 0 aliphatic carbocycles. The maximum atomic E-state index is 12.3. The lowest BCUT2D eigenvalue weighted by Crippen LogP contribution is -2.23. The van der Waals surface area contributed by atoms with Gasteiger partial charge in [0.2, 0.25) is 11.8 Å². The molecule has 0 saturated carbocycles. The molecule has 0 spiro atoms. The predicted octanol–water partition coefficient (Wildman–Crippen LogP) is 4.73. The number of anilines is 1. The van der Waals surface area contributed by atoms with Crippen LogP contribution in [0, 0.1) is 6.92 Å². The Labute approximate surface area is 188 Å². The van der Waals surface area contributed by atoms with E-state index in [0.29, 0.717) is 17.1 Å². The van der Waals surface area contributed by atoms with Crippen molar-refractivity contribution in [2.24, 2.45) is 5.10 Å². The van der Waals surface area contributed by atoms with E-state index < -0.39 is 0 Å². The summed E-state index contributed by atoms with van der Waals surface area (Å²) in [7, 11) is 1.55. The zero-order valence-electron chi connectivity index (χ0n) is 18.5. The van der Waals surface area contributed by atoms with E-state index in [-0.39, 0.29) is 24.7 Å². The maximum absolute atomic E-state index is 12.3. The highest BCUT2D eigenvalue weighted by molar-refractivity contribution is 6.06. The monoisotopic (exact) mass is 429 g/mol. The third kappa shape index (κ3) is 6.54. The molecule has 0 aromatic heterocycles. The molecule has 0 unspecified atom stereocenters. The van der Waals surface area contributed by atoms with Crippen LogP contribution in [0.3, 0.4) is 0 Å². The lowest BCUT2D eigenvalue weighted by Gasteiger charge is -2.11. The quantitative estimate of drug-likeness (QED) is 0.401. The normalized spacial score (nSPS) is 11.0. The summed E-state index contributed by atoms with van der Waals surface area (Å²) in [4.78, 5) is 24.6. The number of carbonyl (C=O) groups is 2. The number of ether oxygens (including phenoxy) is 1. The van der Waals surface area contributed by atoms with Crippen molar-refractivity contribution < 1.29 is 14.3 Å². The fourth-order valence-corrected chi connectivity index (χ4v) is 3.21. The van der Waals surface area contributed by atoms with Crippen LogP contribution < -0.4 is 15.5 Å². The van der Waals surface area contributed by atoms with Crippen LogP contribution >= 0.6 is 0 Å². The van der Waals surface area contributed by atoms with Gasteiger partial charge in [-0.1, -0.05) is 60.7 Å². The third-order valence-corrected chi connectivity index (χ3v) is 4.84. The number of amides is 2. The summed E-state index contributed by atoms with van der Waals surface area (Å²) in [6, 6.07) is 23.5. The Kier molecular flexibility index (Phi) is 7.75. The van der Waals surface area contributed by atoms with E-state index in [9.17, 15) is 9.59 Å². The van der Waals surface area contributed by atoms with Crippen LogP contribution in [0.25, 0.3) is 11.1 Å². The first kappa shape index (κ1) is 22.7.